The third-order valence-corrected chi connectivity index (χ3v) is 4.42. The smallest absolute Gasteiger partial charge is 0.235 e. The molecule has 0 aliphatic carbocycles. The number of aromatic nitrogens is 3. The Labute approximate surface area is 145 Å². The molecule has 0 bridgehead atoms. The molecule has 25 heavy (non-hydrogen) atoms. The molecule has 128 valence electrons. The van der Waals surface area contributed by atoms with Crippen LogP contribution in [0.15, 0.2) is 60.9 Å². The van der Waals surface area contributed by atoms with Crippen LogP contribution in [0.3, 0.4) is 0 Å². The highest BCUT2D eigenvalue weighted by Crippen LogP contribution is 2.29. The second kappa shape index (κ2) is 6.84. The van der Waals surface area contributed by atoms with Crippen LogP contribution in [0, 0.1) is 5.95 Å². The molecule has 3 rings (SSSR count). The number of carbonyl (C=O) groups excluding carboxylic acids is 1. The average molecular weight is 338 g/mol. The van der Waals surface area contributed by atoms with E-state index in [9.17, 15) is 9.18 Å². The van der Waals surface area contributed by atoms with Crippen LogP contribution in [0.4, 0.5) is 10.2 Å². The van der Waals surface area contributed by atoms with E-state index in [4.69, 9.17) is 0 Å². The highest BCUT2D eigenvalue weighted by atomic mass is 19.1. The van der Waals surface area contributed by atoms with Crippen LogP contribution < -0.4 is 5.32 Å². The summed E-state index contributed by atoms with van der Waals surface area (Å²) in [5.41, 5.74) is 0.827. The van der Waals surface area contributed by atoms with E-state index >= 15 is 0 Å². The second-order valence-corrected chi connectivity index (χ2v) is 5.99. The Kier molecular flexibility index (Phi) is 4.61. The summed E-state index contributed by atoms with van der Waals surface area (Å²) in [7, 11) is 0. The largest absolute Gasteiger partial charge is 0.308 e. The van der Waals surface area contributed by atoms with Crippen molar-refractivity contribution in [2.45, 2.75) is 25.7 Å². The number of pyridine rings is 1. The number of benzene rings is 1. The molecule has 0 radical (unpaired) electrons. The third kappa shape index (κ3) is 3.42. The molecule has 2 heterocycles. The molecule has 0 saturated carbocycles. The zero-order valence-corrected chi connectivity index (χ0v) is 14.1. The van der Waals surface area contributed by atoms with Crippen molar-refractivity contribution in [2.24, 2.45) is 0 Å². The predicted molar refractivity (Wildman–Crippen MR) is 94.0 cm³/mol. The van der Waals surface area contributed by atoms with Crippen molar-refractivity contribution >= 4 is 11.7 Å². The van der Waals surface area contributed by atoms with Gasteiger partial charge in [-0.15, -0.1) is 0 Å². The molecule has 1 N–H and O–H groups in total. The van der Waals surface area contributed by atoms with Crippen molar-refractivity contribution in [3.63, 3.8) is 0 Å². The van der Waals surface area contributed by atoms with Crippen LogP contribution in [0.1, 0.15) is 25.8 Å². The number of hydrogen-bond donors (Lipinski definition) is 1. The lowest BCUT2D eigenvalue weighted by Gasteiger charge is -2.27. The number of nitrogens with one attached hydrogen (secondary N) is 1. The summed E-state index contributed by atoms with van der Waals surface area (Å²) < 4.78 is 14.7. The Morgan fingerprint density at radius 2 is 2.00 bits per heavy atom. The fourth-order valence-corrected chi connectivity index (χ4v) is 2.63. The molecule has 0 aliphatic heterocycles. The highest BCUT2D eigenvalue weighted by Gasteiger charge is 2.33. The first-order valence-electron chi connectivity index (χ1n) is 8.07. The maximum Gasteiger partial charge on any atom is 0.235 e. The SMILES string of the molecule is CCC(C)(C(=O)Nc1ccn(-c2ccnc(F)c2)n1)c1ccccc1. The van der Waals surface area contributed by atoms with Gasteiger partial charge in [-0.05, 0) is 25.0 Å². The van der Waals surface area contributed by atoms with Crippen molar-refractivity contribution in [3.05, 3.63) is 72.4 Å². The Morgan fingerprint density at radius 3 is 2.68 bits per heavy atom. The van der Waals surface area contributed by atoms with Crippen molar-refractivity contribution in [2.75, 3.05) is 5.32 Å². The number of hydrogen-bond acceptors (Lipinski definition) is 3. The maximum absolute atomic E-state index is 13.2. The van der Waals surface area contributed by atoms with E-state index in [1.807, 2.05) is 44.2 Å². The molecule has 0 fully saturated rings. The summed E-state index contributed by atoms with van der Waals surface area (Å²) in [6, 6.07) is 14.3. The highest BCUT2D eigenvalue weighted by molar-refractivity contribution is 5.98. The van der Waals surface area contributed by atoms with Gasteiger partial charge in [0.1, 0.15) is 0 Å². The van der Waals surface area contributed by atoms with Gasteiger partial charge < -0.3 is 5.32 Å². The van der Waals surface area contributed by atoms with Crippen molar-refractivity contribution < 1.29 is 9.18 Å². The van der Waals surface area contributed by atoms with Gasteiger partial charge in [0, 0.05) is 24.5 Å². The zero-order chi connectivity index (χ0) is 17.9. The molecular formula is C19H19FN4O. The van der Waals surface area contributed by atoms with E-state index in [1.165, 1.54) is 16.9 Å². The fraction of sp³-hybridized carbons (Fsp3) is 0.211. The van der Waals surface area contributed by atoms with Gasteiger partial charge in [0.05, 0.1) is 11.1 Å². The number of anilines is 1. The summed E-state index contributed by atoms with van der Waals surface area (Å²) in [5, 5.41) is 7.15. The van der Waals surface area contributed by atoms with Gasteiger partial charge in [-0.3, -0.25) is 4.79 Å². The summed E-state index contributed by atoms with van der Waals surface area (Å²) >= 11 is 0. The minimum absolute atomic E-state index is 0.132. The Bertz CT molecular complexity index is 878. The second-order valence-electron chi connectivity index (χ2n) is 5.99. The molecule has 3 aromatic rings. The predicted octanol–water partition coefficient (Wildman–Crippen LogP) is 3.71. The van der Waals surface area contributed by atoms with Gasteiger partial charge >= 0.3 is 0 Å². The monoisotopic (exact) mass is 338 g/mol. The molecule has 1 aromatic carbocycles. The van der Waals surface area contributed by atoms with Gasteiger partial charge in [-0.25, -0.2) is 9.67 Å². The van der Waals surface area contributed by atoms with E-state index < -0.39 is 11.4 Å². The fourth-order valence-electron chi connectivity index (χ4n) is 2.63. The van der Waals surface area contributed by atoms with Crippen molar-refractivity contribution in [1.29, 1.82) is 0 Å². The van der Waals surface area contributed by atoms with E-state index in [1.54, 1.807) is 18.3 Å². The van der Waals surface area contributed by atoms with E-state index in [0.29, 0.717) is 17.9 Å². The first-order chi connectivity index (χ1) is 12.0. The first-order valence-corrected chi connectivity index (χ1v) is 8.07. The first kappa shape index (κ1) is 16.8. The minimum atomic E-state index is -0.659. The summed E-state index contributed by atoms with van der Waals surface area (Å²) in [6.07, 6.45) is 3.68. The number of halogens is 1. The molecule has 6 heteroatoms. The molecule has 5 nitrogen and oxygen atoms in total. The quantitative estimate of drug-likeness (QED) is 0.722. The van der Waals surface area contributed by atoms with Crippen LogP contribution in [0.25, 0.3) is 5.69 Å². The molecule has 1 atom stereocenters. The lowest BCUT2D eigenvalue weighted by atomic mass is 9.79. The standard InChI is InChI=1S/C19H19FN4O/c1-3-19(2,14-7-5-4-6-8-14)18(25)22-17-10-12-24(23-17)15-9-11-21-16(20)13-15/h4-13H,3H2,1-2H3,(H,22,23,25). The van der Waals surface area contributed by atoms with E-state index in [0.717, 1.165) is 5.56 Å². The van der Waals surface area contributed by atoms with Crippen LogP contribution in [-0.4, -0.2) is 20.7 Å². The molecule has 1 unspecified atom stereocenters. The average Bonchev–Trinajstić information content (AvgIpc) is 3.10. The normalized spacial score (nSPS) is 13.2. The van der Waals surface area contributed by atoms with Crippen LogP contribution in [0.2, 0.25) is 0 Å². The Morgan fingerprint density at radius 1 is 1.24 bits per heavy atom. The topological polar surface area (TPSA) is 59.8 Å². The van der Waals surface area contributed by atoms with Gasteiger partial charge in [0.2, 0.25) is 11.9 Å². The Hall–Kier alpha value is -3.02. The molecule has 2 aromatic heterocycles. The zero-order valence-electron chi connectivity index (χ0n) is 14.1. The summed E-state index contributed by atoms with van der Waals surface area (Å²) in [4.78, 5) is 16.4. The minimum Gasteiger partial charge on any atom is -0.308 e. The lowest BCUT2D eigenvalue weighted by Crippen LogP contribution is -2.37. The molecule has 1 amide bonds. The number of nitrogens with zero attached hydrogens (tertiary/aromatic N) is 3. The van der Waals surface area contributed by atoms with Crippen molar-refractivity contribution in [3.8, 4) is 5.69 Å². The van der Waals surface area contributed by atoms with Crippen LogP contribution in [-0.2, 0) is 10.2 Å². The third-order valence-electron chi connectivity index (χ3n) is 4.42. The van der Waals surface area contributed by atoms with E-state index in [-0.39, 0.29) is 5.91 Å². The Balaban J connectivity index is 1.81. The van der Waals surface area contributed by atoms with Crippen molar-refractivity contribution in [1.82, 2.24) is 14.8 Å². The van der Waals surface area contributed by atoms with E-state index in [2.05, 4.69) is 15.4 Å². The summed E-state index contributed by atoms with van der Waals surface area (Å²) in [6.45, 7) is 3.89. The van der Waals surface area contributed by atoms with Crippen LogP contribution in [0.5, 0.6) is 0 Å². The van der Waals surface area contributed by atoms with Gasteiger partial charge in [0.25, 0.3) is 0 Å². The number of carbonyl (C=O) groups is 1. The van der Waals surface area contributed by atoms with Gasteiger partial charge in [-0.1, -0.05) is 37.3 Å². The molecule has 0 aliphatic rings. The number of rotatable bonds is 5. The maximum atomic E-state index is 13.2. The molecule has 0 spiro atoms. The van der Waals surface area contributed by atoms with Crippen LogP contribution >= 0.6 is 0 Å². The lowest BCUT2D eigenvalue weighted by molar-refractivity contribution is -0.121. The van der Waals surface area contributed by atoms with Gasteiger partial charge in [0.15, 0.2) is 5.82 Å². The molecular weight excluding hydrogens is 319 g/mol. The number of amides is 1. The summed E-state index contributed by atoms with van der Waals surface area (Å²) in [5.74, 6) is -0.300. The molecule has 0 saturated heterocycles. The van der Waals surface area contributed by atoms with Gasteiger partial charge in [-0.2, -0.15) is 9.49 Å².